The number of rotatable bonds is 3. The van der Waals surface area contributed by atoms with Gasteiger partial charge >= 0.3 is 5.97 Å². The van der Waals surface area contributed by atoms with Gasteiger partial charge in [-0.3, -0.25) is 0 Å². The molecule has 1 fully saturated rings. The van der Waals surface area contributed by atoms with Gasteiger partial charge in [-0.2, -0.15) is 0 Å². The van der Waals surface area contributed by atoms with Crippen molar-refractivity contribution in [2.45, 2.75) is 39.2 Å². The van der Waals surface area contributed by atoms with E-state index < -0.39 is 5.97 Å². The van der Waals surface area contributed by atoms with E-state index in [0.717, 1.165) is 23.4 Å². The maximum Gasteiger partial charge on any atom is 0.335 e. The summed E-state index contributed by atoms with van der Waals surface area (Å²) in [6.07, 6.45) is 5.18. The van der Waals surface area contributed by atoms with Gasteiger partial charge in [0, 0.05) is 6.54 Å². The molecule has 19 heavy (non-hydrogen) atoms. The number of benzene rings is 1. The van der Waals surface area contributed by atoms with Gasteiger partial charge in [0.05, 0.1) is 16.6 Å². The van der Waals surface area contributed by atoms with Crippen LogP contribution in [0.25, 0.3) is 11.0 Å². The van der Waals surface area contributed by atoms with E-state index in [4.69, 9.17) is 5.11 Å². The molecular formula is C15H18N2O2. The molecule has 4 heteroatoms. The minimum absolute atomic E-state index is 0.333. The molecule has 1 aliphatic rings. The highest BCUT2D eigenvalue weighted by Crippen LogP contribution is 2.28. The molecule has 100 valence electrons. The summed E-state index contributed by atoms with van der Waals surface area (Å²) in [6, 6.07) is 5.17. The van der Waals surface area contributed by atoms with E-state index in [0.29, 0.717) is 11.5 Å². The van der Waals surface area contributed by atoms with Crippen LogP contribution in [0, 0.1) is 12.8 Å². The Labute approximate surface area is 112 Å². The van der Waals surface area contributed by atoms with Gasteiger partial charge in [-0.25, -0.2) is 9.78 Å². The number of imidazole rings is 1. The second-order valence-electron chi connectivity index (χ2n) is 5.43. The molecule has 4 nitrogen and oxygen atoms in total. The first-order valence-corrected chi connectivity index (χ1v) is 6.85. The van der Waals surface area contributed by atoms with Gasteiger partial charge in [-0.15, -0.1) is 0 Å². The minimum atomic E-state index is -0.881. The molecule has 0 amide bonds. The standard InChI is InChI=1S/C15H18N2O2/c1-10-16-13-7-6-12(15(18)19)8-14(13)17(10)9-11-4-2-3-5-11/h6-8,11H,2-5,9H2,1H3,(H,18,19). The van der Waals surface area contributed by atoms with Crippen LogP contribution in [0.4, 0.5) is 0 Å². The van der Waals surface area contributed by atoms with E-state index in [1.54, 1.807) is 18.2 Å². The van der Waals surface area contributed by atoms with Crippen molar-refractivity contribution in [3.05, 3.63) is 29.6 Å². The molecule has 2 aromatic rings. The Balaban J connectivity index is 2.03. The molecule has 0 aliphatic heterocycles. The largest absolute Gasteiger partial charge is 0.478 e. The molecule has 1 aliphatic carbocycles. The molecule has 0 atom stereocenters. The Kier molecular flexibility index (Phi) is 3.01. The molecule has 0 radical (unpaired) electrons. The third-order valence-corrected chi connectivity index (χ3v) is 4.10. The van der Waals surface area contributed by atoms with E-state index in [1.165, 1.54) is 25.7 Å². The average Bonchev–Trinajstić information content (AvgIpc) is 2.98. The van der Waals surface area contributed by atoms with Crippen LogP contribution in [0.15, 0.2) is 18.2 Å². The number of fused-ring (bicyclic) bond motifs is 1. The van der Waals surface area contributed by atoms with Crippen molar-refractivity contribution in [3.8, 4) is 0 Å². The molecule has 1 N–H and O–H groups in total. The zero-order valence-electron chi connectivity index (χ0n) is 11.1. The van der Waals surface area contributed by atoms with E-state index in [2.05, 4.69) is 9.55 Å². The Morgan fingerprint density at radius 2 is 2.16 bits per heavy atom. The van der Waals surface area contributed by atoms with Gasteiger partial charge < -0.3 is 9.67 Å². The first-order valence-electron chi connectivity index (χ1n) is 6.85. The fourth-order valence-corrected chi connectivity index (χ4v) is 3.06. The second kappa shape index (κ2) is 4.68. The molecule has 0 spiro atoms. The predicted molar refractivity (Wildman–Crippen MR) is 73.4 cm³/mol. The summed E-state index contributed by atoms with van der Waals surface area (Å²) in [4.78, 5) is 15.6. The molecular weight excluding hydrogens is 240 g/mol. The van der Waals surface area contributed by atoms with Crippen LogP contribution in [0.5, 0.6) is 0 Å². The lowest BCUT2D eigenvalue weighted by atomic mass is 10.1. The molecule has 1 saturated carbocycles. The Bertz CT molecular complexity index is 624. The number of nitrogens with zero attached hydrogens (tertiary/aromatic N) is 2. The zero-order valence-corrected chi connectivity index (χ0v) is 11.1. The molecule has 0 bridgehead atoms. The van der Waals surface area contributed by atoms with Gasteiger partial charge in [0.1, 0.15) is 5.82 Å². The fraction of sp³-hybridized carbons (Fsp3) is 0.467. The van der Waals surface area contributed by atoms with Crippen LogP contribution in [-0.4, -0.2) is 20.6 Å². The van der Waals surface area contributed by atoms with Gasteiger partial charge in [-0.05, 0) is 43.9 Å². The van der Waals surface area contributed by atoms with Crippen LogP contribution in [0.3, 0.4) is 0 Å². The Morgan fingerprint density at radius 1 is 1.42 bits per heavy atom. The molecule has 1 aromatic heterocycles. The third-order valence-electron chi connectivity index (χ3n) is 4.10. The predicted octanol–water partition coefficient (Wildman–Crippen LogP) is 3.23. The van der Waals surface area contributed by atoms with Crippen molar-refractivity contribution in [2.24, 2.45) is 5.92 Å². The molecule has 3 rings (SSSR count). The summed E-state index contributed by atoms with van der Waals surface area (Å²) in [7, 11) is 0. The van der Waals surface area contributed by atoms with E-state index in [1.807, 2.05) is 6.92 Å². The number of aromatic carboxylic acids is 1. The van der Waals surface area contributed by atoms with Crippen molar-refractivity contribution in [2.75, 3.05) is 0 Å². The maximum atomic E-state index is 11.1. The van der Waals surface area contributed by atoms with Crippen LogP contribution < -0.4 is 0 Å². The number of aromatic nitrogens is 2. The number of hydrogen-bond donors (Lipinski definition) is 1. The van der Waals surface area contributed by atoms with Crippen molar-refractivity contribution in [1.82, 2.24) is 9.55 Å². The van der Waals surface area contributed by atoms with E-state index >= 15 is 0 Å². The second-order valence-corrected chi connectivity index (χ2v) is 5.43. The number of carbonyl (C=O) groups is 1. The zero-order chi connectivity index (χ0) is 13.4. The number of hydrogen-bond acceptors (Lipinski definition) is 2. The summed E-state index contributed by atoms with van der Waals surface area (Å²) in [6.45, 7) is 2.96. The fourth-order valence-electron chi connectivity index (χ4n) is 3.06. The van der Waals surface area contributed by atoms with Crippen molar-refractivity contribution in [1.29, 1.82) is 0 Å². The molecule has 1 heterocycles. The topological polar surface area (TPSA) is 55.1 Å². The summed E-state index contributed by atoms with van der Waals surface area (Å²) < 4.78 is 2.18. The highest BCUT2D eigenvalue weighted by atomic mass is 16.4. The monoisotopic (exact) mass is 258 g/mol. The summed E-state index contributed by atoms with van der Waals surface area (Å²) in [5, 5.41) is 9.10. The lowest BCUT2D eigenvalue weighted by Gasteiger charge is -2.12. The first-order chi connectivity index (χ1) is 9.15. The van der Waals surface area contributed by atoms with Gasteiger partial charge in [-0.1, -0.05) is 12.8 Å². The summed E-state index contributed by atoms with van der Waals surface area (Å²) in [5.41, 5.74) is 2.17. The van der Waals surface area contributed by atoms with Gasteiger partial charge in [0.25, 0.3) is 0 Å². The van der Waals surface area contributed by atoms with Crippen LogP contribution in [-0.2, 0) is 6.54 Å². The molecule has 0 unspecified atom stereocenters. The van der Waals surface area contributed by atoms with Crippen molar-refractivity contribution in [3.63, 3.8) is 0 Å². The SMILES string of the molecule is Cc1nc2ccc(C(=O)O)cc2n1CC1CCCC1. The Morgan fingerprint density at radius 3 is 2.84 bits per heavy atom. The number of carboxylic acids is 1. The highest BCUT2D eigenvalue weighted by Gasteiger charge is 2.18. The number of carboxylic acid groups (broad SMARTS) is 1. The average molecular weight is 258 g/mol. The third kappa shape index (κ3) is 2.23. The minimum Gasteiger partial charge on any atom is -0.478 e. The maximum absolute atomic E-state index is 11.1. The summed E-state index contributed by atoms with van der Waals surface area (Å²) >= 11 is 0. The normalized spacial score (nSPS) is 16.3. The first kappa shape index (κ1) is 12.2. The van der Waals surface area contributed by atoms with Crippen molar-refractivity contribution >= 4 is 17.0 Å². The van der Waals surface area contributed by atoms with Gasteiger partial charge in [0.15, 0.2) is 0 Å². The molecule has 1 aromatic carbocycles. The smallest absolute Gasteiger partial charge is 0.335 e. The lowest BCUT2D eigenvalue weighted by Crippen LogP contribution is -2.09. The van der Waals surface area contributed by atoms with E-state index in [9.17, 15) is 4.79 Å². The van der Waals surface area contributed by atoms with Crippen molar-refractivity contribution < 1.29 is 9.90 Å². The molecule has 0 saturated heterocycles. The Hall–Kier alpha value is -1.84. The van der Waals surface area contributed by atoms with Crippen LogP contribution in [0.1, 0.15) is 41.9 Å². The lowest BCUT2D eigenvalue weighted by molar-refractivity contribution is 0.0697. The number of aryl methyl sites for hydroxylation is 1. The van der Waals surface area contributed by atoms with E-state index in [-0.39, 0.29) is 0 Å². The quantitative estimate of drug-likeness (QED) is 0.919. The van der Waals surface area contributed by atoms with Crippen LogP contribution in [0.2, 0.25) is 0 Å². The highest BCUT2D eigenvalue weighted by molar-refractivity contribution is 5.92. The summed E-state index contributed by atoms with van der Waals surface area (Å²) in [5.74, 6) is 0.808. The van der Waals surface area contributed by atoms with Gasteiger partial charge in [0.2, 0.25) is 0 Å². The van der Waals surface area contributed by atoms with Crippen LogP contribution >= 0.6 is 0 Å².